The minimum absolute atomic E-state index is 0.0580. The standard InChI is InChI=1S/C16H15FN2O/c17-16-6-3-13(9-14(16)10-18)11-19-15-4-1-12(2-5-15)7-8-20/h1-6,9,19-20H,7-8,11H2. The summed E-state index contributed by atoms with van der Waals surface area (Å²) in [6.45, 7) is 0.660. The van der Waals surface area contributed by atoms with Gasteiger partial charge in [0.05, 0.1) is 5.56 Å². The Morgan fingerprint density at radius 3 is 2.45 bits per heavy atom. The van der Waals surface area contributed by atoms with Crippen molar-refractivity contribution in [3.8, 4) is 6.07 Å². The molecular formula is C16H15FN2O. The summed E-state index contributed by atoms with van der Waals surface area (Å²) in [4.78, 5) is 0. The second-order valence-corrected chi connectivity index (χ2v) is 4.45. The Hall–Kier alpha value is -2.38. The van der Waals surface area contributed by atoms with Crippen LogP contribution in [0.2, 0.25) is 0 Å². The van der Waals surface area contributed by atoms with E-state index >= 15 is 0 Å². The maximum atomic E-state index is 13.2. The summed E-state index contributed by atoms with van der Waals surface area (Å²) in [6, 6.07) is 14.1. The van der Waals surface area contributed by atoms with E-state index in [1.54, 1.807) is 12.1 Å². The molecule has 0 fully saturated rings. The lowest BCUT2D eigenvalue weighted by atomic mass is 10.1. The third-order valence-electron chi connectivity index (χ3n) is 3.00. The number of hydrogen-bond acceptors (Lipinski definition) is 3. The molecule has 0 amide bonds. The molecule has 0 aliphatic heterocycles. The fraction of sp³-hybridized carbons (Fsp3) is 0.188. The average molecular weight is 270 g/mol. The highest BCUT2D eigenvalue weighted by Gasteiger charge is 2.02. The fourth-order valence-corrected chi connectivity index (χ4v) is 1.89. The molecule has 0 aromatic heterocycles. The van der Waals surface area contributed by atoms with Crippen molar-refractivity contribution in [2.45, 2.75) is 13.0 Å². The van der Waals surface area contributed by atoms with Crippen molar-refractivity contribution in [1.29, 1.82) is 5.26 Å². The molecule has 2 aromatic carbocycles. The molecule has 0 atom stereocenters. The Morgan fingerprint density at radius 2 is 1.80 bits per heavy atom. The van der Waals surface area contributed by atoms with Crippen LogP contribution in [0.3, 0.4) is 0 Å². The van der Waals surface area contributed by atoms with Gasteiger partial charge in [0.2, 0.25) is 0 Å². The van der Waals surface area contributed by atoms with Crippen molar-refractivity contribution in [3.05, 3.63) is 65.0 Å². The molecule has 2 rings (SSSR count). The van der Waals surface area contributed by atoms with Gasteiger partial charge in [-0.1, -0.05) is 18.2 Å². The van der Waals surface area contributed by atoms with E-state index in [1.807, 2.05) is 30.3 Å². The normalized spacial score (nSPS) is 10.1. The maximum absolute atomic E-state index is 13.2. The molecule has 2 N–H and O–H groups in total. The Kier molecular flexibility index (Phi) is 4.70. The zero-order valence-electron chi connectivity index (χ0n) is 10.9. The van der Waals surface area contributed by atoms with Crippen LogP contribution in [-0.4, -0.2) is 11.7 Å². The minimum atomic E-state index is -0.496. The maximum Gasteiger partial charge on any atom is 0.140 e. The van der Waals surface area contributed by atoms with E-state index in [1.165, 1.54) is 6.07 Å². The highest BCUT2D eigenvalue weighted by atomic mass is 19.1. The first-order chi connectivity index (χ1) is 9.72. The van der Waals surface area contributed by atoms with Crippen molar-refractivity contribution in [1.82, 2.24) is 0 Å². The lowest BCUT2D eigenvalue weighted by molar-refractivity contribution is 0.299. The van der Waals surface area contributed by atoms with E-state index in [-0.39, 0.29) is 12.2 Å². The Morgan fingerprint density at radius 1 is 1.10 bits per heavy atom. The Balaban J connectivity index is 2.00. The Labute approximate surface area is 117 Å². The Bertz CT molecular complexity index is 617. The number of anilines is 1. The van der Waals surface area contributed by atoms with E-state index in [0.29, 0.717) is 13.0 Å². The molecule has 0 saturated carbocycles. The van der Waals surface area contributed by atoms with Crippen LogP contribution >= 0.6 is 0 Å². The molecule has 0 bridgehead atoms. The minimum Gasteiger partial charge on any atom is -0.396 e. The quantitative estimate of drug-likeness (QED) is 0.878. The van der Waals surface area contributed by atoms with Crippen molar-refractivity contribution in [3.63, 3.8) is 0 Å². The summed E-state index contributed by atoms with van der Waals surface area (Å²) < 4.78 is 13.2. The number of rotatable bonds is 5. The smallest absolute Gasteiger partial charge is 0.140 e. The molecule has 3 nitrogen and oxygen atoms in total. The third kappa shape index (κ3) is 3.56. The average Bonchev–Trinajstić information content (AvgIpc) is 2.48. The number of aliphatic hydroxyl groups excluding tert-OH is 1. The zero-order chi connectivity index (χ0) is 14.4. The van der Waals surface area contributed by atoms with Gasteiger partial charge in [-0.25, -0.2) is 4.39 Å². The summed E-state index contributed by atoms with van der Waals surface area (Å²) in [6.07, 6.45) is 0.643. The van der Waals surface area contributed by atoms with Crippen molar-refractivity contribution in [2.24, 2.45) is 0 Å². The number of hydrogen-bond donors (Lipinski definition) is 2. The lowest BCUT2D eigenvalue weighted by Gasteiger charge is -2.08. The molecule has 2 aromatic rings. The van der Waals surface area contributed by atoms with Crippen LogP contribution in [0, 0.1) is 17.1 Å². The van der Waals surface area contributed by atoms with Crippen LogP contribution in [0.25, 0.3) is 0 Å². The molecule has 0 heterocycles. The highest BCUT2D eigenvalue weighted by molar-refractivity contribution is 5.46. The van der Waals surface area contributed by atoms with Gasteiger partial charge in [-0.15, -0.1) is 0 Å². The highest BCUT2D eigenvalue weighted by Crippen LogP contribution is 2.14. The van der Waals surface area contributed by atoms with Gasteiger partial charge in [0, 0.05) is 18.8 Å². The van der Waals surface area contributed by atoms with E-state index in [0.717, 1.165) is 16.8 Å². The number of benzene rings is 2. The molecule has 20 heavy (non-hydrogen) atoms. The van der Waals surface area contributed by atoms with Gasteiger partial charge < -0.3 is 10.4 Å². The predicted octanol–water partition coefficient (Wildman–Crippen LogP) is 2.84. The second kappa shape index (κ2) is 6.69. The van der Waals surface area contributed by atoms with Crippen molar-refractivity contribution >= 4 is 5.69 Å². The number of aliphatic hydroxyl groups is 1. The monoisotopic (exact) mass is 270 g/mol. The van der Waals surface area contributed by atoms with E-state index in [4.69, 9.17) is 10.4 Å². The second-order valence-electron chi connectivity index (χ2n) is 4.45. The van der Waals surface area contributed by atoms with Crippen LogP contribution in [0.4, 0.5) is 10.1 Å². The van der Waals surface area contributed by atoms with Crippen LogP contribution in [-0.2, 0) is 13.0 Å². The number of nitriles is 1. The van der Waals surface area contributed by atoms with Gasteiger partial charge in [-0.05, 0) is 41.8 Å². The van der Waals surface area contributed by atoms with Gasteiger partial charge in [0.25, 0.3) is 0 Å². The van der Waals surface area contributed by atoms with Crippen LogP contribution < -0.4 is 5.32 Å². The summed E-state index contributed by atoms with van der Waals surface area (Å²) in [5.41, 5.74) is 2.92. The summed E-state index contributed by atoms with van der Waals surface area (Å²) >= 11 is 0. The summed E-state index contributed by atoms with van der Waals surface area (Å²) in [5.74, 6) is -0.496. The van der Waals surface area contributed by atoms with Gasteiger partial charge in [0.1, 0.15) is 11.9 Å². The molecule has 0 aliphatic rings. The van der Waals surface area contributed by atoms with Crippen molar-refractivity contribution < 1.29 is 9.50 Å². The molecule has 0 aliphatic carbocycles. The van der Waals surface area contributed by atoms with Crippen molar-refractivity contribution in [2.75, 3.05) is 11.9 Å². The molecule has 0 radical (unpaired) electrons. The predicted molar refractivity (Wildman–Crippen MR) is 75.7 cm³/mol. The molecule has 0 saturated heterocycles. The lowest BCUT2D eigenvalue weighted by Crippen LogP contribution is -2.00. The first-order valence-corrected chi connectivity index (χ1v) is 6.35. The fourth-order valence-electron chi connectivity index (χ4n) is 1.89. The van der Waals surface area contributed by atoms with E-state index in [9.17, 15) is 4.39 Å². The van der Waals surface area contributed by atoms with Crippen LogP contribution in [0.5, 0.6) is 0 Å². The SMILES string of the molecule is N#Cc1cc(CNc2ccc(CCO)cc2)ccc1F. The summed E-state index contributed by atoms with van der Waals surface area (Å²) in [7, 11) is 0. The zero-order valence-corrected chi connectivity index (χ0v) is 10.9. The van der Waals surface area contributed by atoms with Gasteiger partial charge in [0.15, 0.2) is 0 Å². The van der Waals surface area contributed by atoms with Gasteiger partial charge in [-0.2, -0.15) is 5.26 Å². The van der Waals surface area contributed by atoms with Gasteiger partial charge >= 0.3 is 0 Å². The first-order valence-electron chi connectivity index (χ1n) is 6.35. The topological polar surface area (TPSA) is 56.0 Å². The van der Waals surface area contributed by atoms with Crippen LogP contribution in [0.15, 0.2) is 42.5 Å². The molecule has 0 spiro atoms. The summed E-state index contributed by atoms with van der Waals surface area (Å²) in [5, 5.41) is 20.8. The number of halogens is 1. The number of nitrogens with one attached hydrogen (secondary N) is 1. The number of nitrogens with zero attached hydrogens (tertiary/aromatic N) is 1. The van der Waals surface area contributed by atoms with E-state index < -0.39 is 5.82 Å². The molecule has 4 heteroatoms. The third-order valence-corrected chi connectivity index (χ3v) is 3.00. The van der Waals surface area contributed by atoms with Crippen LogP contribution in [0.1, 0.15) is 16.7 Å². The largest absolute Gasteiger partial charge is 0.396 e. The molecule has 102 valence electrons. The van der Waals surface area contributed by atoms with E-state index in [2.05, 4.69) is 5.32 Å². The molecular weight excluding hydrogens is 255 g/mol. The van der Waals surface area contributed by atoms with Gasteiger partial charge in [-0.3, -0.25) is 0 Å². The molecule has 0 unspecified atom stereocenters. The first kappa shape index (κ1) is 14.0.